The average molecular weight is 346 g/mol. The van der Waals surface area contributed by atoms with Gasteiger partial charge in [0, 0.05) is 19.1 Å². The number of sulfonamides is 1. The maximum absolute atomic E-state index is 12.2. The van der Waals surface area contributed by atoms with Crippen molar-refractivity contribution in [3.8, 4) is 0 Å². The van der Waals surface area contributed by atoms with Gasteiger partial charge in [-0.1, -0.05) is 6.07 Å². The minimum atomic E-state index is -3.45. The van der Waals surface area contributed by atoms with Crippen molar-refractivity contribution in [2.75, 3.05) is 13.1 Å². The van der Waals surface area contributed by atoms with Crippen LogP contribution in [-0.4, -0.2) is 44.1 Å². The van der Waals surface area contributed by atoms with E-state index in [9.17, 15) is 13.2 Å². The number of nitrogens with one attached hydrogen (secondary N) is 1. The first-order chi connectivity index (χ1) is 10.2. The zero-order chi connectivity index (χ0) is 16.4. The summed E-state index contributed by atoms with van der Waals surface area (Å²) in [5.74, 6) is 0. The van der Waals surface area contributed by atoms with Crippen molar-refractivity contribution in [2.45, 2.75) is 49.5 Å². The maximum atomic E-state index is 12.2. The quantitative estimate of drug-likeness (QED) is 0.912. The largest absolute Gasteiger partial charge is 0.444 e. The van der Waals surface area contributed by atoms with Gasteiger partial charge in [0.25, 0.3) is 0 Å². The Kier molecular flexibility index (Phi) is 5.14. The molecule has 0 atom stereocenters. The molecule has 8 heteroatoms. The van der Waals surface area contributed by atoms with Crippen molar-refractivity contribution in [1.29, 1.82) is 0 Å². The Hall–Kier alpha value is -1.12. The first-order valence-electron chi connectivity index (χ1n) is 7.21. The number of rotatable bonds is 3. The Labute approximate surface area is 135 Å². The Balaban J connectivity index is 1.86. The lowest BCUT2D eigenvalue weighted by atomic mass is 10.1. The molecule has 0 unspecified atom stereocenters. The lowest BCUT2D eigenvalue weighted by Crippen LogP contribution is -2.47. The minimum Gasteiger partial charge on any atom is -0.444 e. The molecule has 2 rings (SSSR count). The number of nitrogens with zero attached hydrogens (tertiary/aromatic N) is 1. The highest BCUT2D eigenvalue weighted by atomic mass is 32.2. The molecule has 2 heterocycles. The molecular formula is C14H22N2O4S2. The van der Waals surface area contributed by atoms with Crippen LogP contribution in [0.4, 0.5) is 4.79 Å². The van der Waals surface area contributed by atoms with Gasteiger partial charge in [-0.3, -0.25) is 0 Å². The molecule has 1 aliphatic heterocycles. The van der Waals surface area contributed by atoms with Gasteiger partial charge < -0.3 is 9.64 Å². The molecule has 1 fully saturated rings. The van der Waals surface area contributed by atoms with Gasteiger partial charge in [0.1, 0.15) is 9.81 Å². The predicted octanol–water partition coefficient (Wildman–Crippen LogP) is 2.43. The average Bonchev–Trinajstić information content (AvgIpc) is 2.91. The van der Waals surface area contributed by atoms with Crippen LogP contribution in [0.2, 0.25) is 0 Å². The summed E-state index contributed by atoms with van der Waals surface area (Å²) >= 11 is 1.20. The first-order valence-corrected chi connectivity index (χ1v) is 9.57. The normalized spacial score (nSPS) is 17.5. The van der Waals surface area contributed by atoms with Crippen LogP contribution in [0, 0.1) is 0 Å². The SMILES string of the molecule is CC(C)(C)OC(=O)N1CCC(NS(=O)(=O)c2cccs2)CC1. The van der Waals surface area contributed by atoms with Crippen LogP contribution in [0.15, 0.2) is 21.7 Å². The molecule has 1 aromatic heterocycles. The van der Waals surface area contributed by atoms with Gasteiger partial charge in [-0.2, -0.15) is 0 Å². The van der Waals surface area contributed by atoms with Crippen LogP contribution >= 0.6 is 11.3 Å². The Morgan fingerprint density at radius 2 is 2.00 bits per heavy atom. The number of carbonyl (C=O) groups excluding carboxylic acids is 1. The summed E-state index contributed by atoms with van der Waals surface area (Å²) in [5.41, 5.74) is -0.519. The molecule has 1 N–H and O–H groups in total. The summed E-state index contributed by atoms with van der Waals surface area (Å²) in [6.07, 6.45) is 0.834. The van der Waals surface area contributed by atoms with E-state index in [-0.39, 0.29) is 12.1 Å². The highest BCUT2D eigenvalue weighted by Crippen LogP contribution is 2.19. The van der Waals surface area contributed by atoms with E-state index < -0.39 is 15.6 Å². The number of likely N-dealkylation sites (tertiary alicyclic amines) is 1. The Bertz CT molecular complexity index is 597. The molecule has 1 aromatic rings. The van der Waals surface area contributed by atoms with Gasteiger partial charge in [0.15, 0.2) is 0 Å². The number of piperidine rings is 1. The smallest absolute Gasteiger partial charge is 0.410 e. The lowest BCUT2D eigenvalue weighted by molar-refractivity contribution is 0.0204. The fourth-order valence-electron chi connectivity index (χ4n) is 2.20. The van der Waals surface area contributed by atoms with Crippen LogP contribution in [0.1, 0.15) is 33.6 Å². The summed E-state index contributed by atoms with van der Waals surface area (Å²) in [7, 11) is -3.45. The maximum Gasteiger partial charge on any atom is 0.410 e. The third-order valence-electron chi connectivity index (χ3n) is 3.23. The summed E-state index contributed by atoms with van der Waals surface area (Å²) in [6.45, 7) is 6.46. The fourth-order valence-corrected chi connectivity index (χ4v) is 4.51. The number of thiophene rings is 1. The van der Waals surface area contributed by atoms with Crippen molar-refractivity contribution in [3.05, 3.63) is 17.5 Å². The molecule has 0 aromatic carbocycles. The van der Waals surface area contributed by atoms with Crippen molar-refractivity contribution >= 4 is 27.5 Å². The van der Waals surface area contributed by atoms with Gasteiger partial charge in [-0.25, -0.2) is 17.9 Å². The summed E-state index contributed by atoms with van der Waals surface area (Å²) in [6, 6.07) is 3.15. The van der Waals surface area contributed by atoms with Gasteiger partial charge in [-0.05, 0) is 45.1 Å². The topological polar surface area (TPSA) is 75.7 Å². The monoisotopic (exact) mass is 346 g/mol. The van der Waals surface area contributed by atoms with Crippen molar-refractivity contribution in [1.82, 2.24) is 9.62 Å². The molecule has 22 heavy (non-hydrogen) atoms. The van der Waals surface area contributed by atoms with E-state index in [1.54, 1.807) is 22.4 Å². The third kappa shape index (κ3) is 4.69. The van der Waals surface area contributed by atoms with Gasteiger partial charge >= 0.3 is 6.09 Å². The van der Waals surface area contributed by atoms with Crippen molar-refractivity contribution < 1.29 is 17.9 Å². The van der Waals surface area contributed by atoms with Crippen LogP contribution in [0.3, 0.4) is 0 Å². The van der Waals surface area contributed by atoms with Crippen LogP contribution in [0.5, 0.6) is 0 Å². The molecule has 6 nitrogen and oxygen atoms in total. The second-order valence-electron chi connectivity index (χ2n) is 6.30. The number of hydrogen-bond acceptors (Lipinski definition) is 5. The first kappa shape index (κ1) is 17.2. The zero-order valence-corrected chi connectivity index (χ0v) is 14.7. The molecule has 0 spiro atoms. The molecule has 0 aliphatic carbocycles. The molecule has 1 aliphatic rings. The van der Waals surface area contributed by atoms with Crippen LogP contribution < -0.4 is 4.72 Å². The van der Waals surface area contributed by atoms with E-state index in [4.69, 9.17) is 4.74 Å². The minimum absolute atomic E-state index is 0.147. The van der Waals surface area contributed by atoms with E-state index in [2.05, 4.69) is 4.72 Å². The van der Waals surface area contributed by atoms with Gasteiger partial charge in [0.2, 0.25) is 10.0 Å². The van der Waals surface area contributed by atoms with E-state index in [1.807, 2.05) is 20.8 Å². The summed E-state index contributed by atoms with van der Waals surface area (Å²) in [5, 5.41) is 1.74. The predicted molar refractivity (Wildman–Crippen MR) is 85.5 cm³/mol. The summed E-state index contributed by atoms with van der Waals surface area (Å²) < 4.78 is 32.7. The molecule has 0 bridgehead atoms. The Morgan fingerprint density at radius 3 is 2.50 bits per heavy atom. The highest BCUT2D eigenvalue weighted by molar-refractivity contribution is 7.91. The molecule has 1 amide bonds. The molecular weight excluding hydrogens is 324 g/mol. The molecule has 0 radical (unpaired) electrons. The number of ether oxygens (including phenoxy) is 1. The van der Waals surface area contributed by atoms with E-state index >= 15 is 0 Å². The standard InChI is InChI=1S/C14H22N2O4S2/c1-14(2,3)20-13(17)16-8-6-11(7-9-16)15-22(18,19)12-5-4-10-21-12/h4-5,10-11,15H,6-9H2,1-3H3. The van der Waals surface area contributed by atoms with E-state index in [0.717, 1.165) is 0 Å². The number of hydrogen-bond donors (Lipinski definition) is 1. The molecule has 0 saturated carbocycles. The molecule has 124 valence electrons. The number of carbonyl (C=O) groups is 1. The number of amides is 1. The van der Waals surface area contributed by atoms with Gasteiger partial charge in [0.05, 0.1) is 0 Å². The third-order valence-corrected chi connectivity index (χ3v) is 6.15. The second kappa shape index (κ2) is 6.55. The van der Waals surface area contributed by atoms with Crippen molar-refractivity contribution in [2.24, 2.45) is 0 Å². The lowest BCUT2D eigenvalue weighted by Gasteiger charge is -2.33. The molecule has 1 saturated heterocycles. The van der Waals surface area contributed by atoms with Crippen LogP contribution in [0.25, 0.3) is 0 Å². The highest BCUT2D eigenvalue weighted by Gasteiger charge is 2.29. The van der Waals surface area contributed by atoms with E-state index in [0.29, 0.717) is 30.1 Å². The second-order valence-corrected chi connectivity index (χ2v) is 9.18. The fraction of sp³-hybridized carbons (Fsp3) is 0.643. The van der Waals surface area contributed by atoms with E-state index in [1.165, 1.54) is 11.3 Å². The Morgan fingerprint density at radius 1 is 1.36 bits per heavy atom. The summed E-state index contributed by atoms with van der Waals surface area (Å²) in [4.78, 5) is 13.6. The van der Waals surface area contributed by atoms with Crippen molar-refractivity contribution in [3.63, 3.8) is 0 Å². The van der Waals surface area contributed by atoms with Gasteiger partial charge in [-0.15, -0.1) is 11.3 Å². The zero-order valence-electron chi connectivity index (χ0n) is 13.0. The van der Waals surface area contributed by atoms with Crippen LogP contribution in [-0.2, 0) is 14.8 Å².